The summed E-state index contributed by atoms with van der Waals surface area (Å²) in [5, 5.41) is 3.15. The second-order valence-corrected chi connectivity index (χ2v) is 7.09. The number of ether oxygens (including phenoxy) is 1. The molecule has 0 aromatic heterocycles. The summed E-state index contributed by atoms with van der Waals surface area (Å²) in [4.78, 5) is 15.3. The molecular weight excluding hydrogens is 312 g/mol. The summed E-state index contributed by atoms with van der Waals surface area (Å²) >= 11 is 0. The lowest BCUT2D eigenvalue weighted by Crippen LogP contribution is -2.37. The molecule has 4 nitrogen and oxygen atoms in total. The van der Waals surface area contributed by atoms with Crippen molar-refractivity contribution < 1.29 is 9.53 Å². The topological polar surface area (TPSA) is 41.6 Å². The molecule has 25 heavy (non-hydrogen) atoms. The van der Waals surface area contributed by atoms with Gasteiger partial charge < -0.3 is 15.0 Å². The molecule has 2 aliphatic rings. The van der Waals surface area contributed by atoms with Crippen molar-refractivity contribution >= 4 is 17.3 Å². The van der Waals surface area contributed by atoms with Crippen molar-refractivity contribution in [2.24, 2.45) is 0 Å². The van der Waals surface area contributed by atoms with Gasteiger partial charge in [0.25, 0.3) is 0 Å². The average molecular weight is 336 g/mol. The first-order valence-corrected chi connectivity index (χ1v) is 8.99. The number of carbonyl (C=O) groups is 1. The van der Waals surface area contributed by atoms with Crippen LogP contribution in [-0.2, 0) is 21.4 Å². The van der Waals surface area contributed by atoms with E-state index < -0.39 is 5.41 Å². The maximum atomic E-state index is 13.0. The van der Waals surface area contributed by atoms with E-state index in [0.717, 1.165) is 56.1 Å². The Hall–Kier alpha value is -2.33. The lowest BCUT2D eigenvalue weighted by atomic mass is 9.83. The molecular formula is C21H24N2O2. The SMILES string of the molecule is CC1(C(=O)Nc2cccc(N3CCOCC3)c2)CCc2ccccc21. The number of benzene rings is 2. The minimum atomic E-state index is -0.453. The zero-order valence-corrected chi connectivity index (χ0v) is 14.6. The van der Waals surface area contributed by atoms with Crippen LogP contribution >= 0.6 is 0 Å². The predicted octanol–water partition coefficient (Wildman–Crippen LogP) is 3.37. The molecule has 1 heterocycles. The van der Waals surface area contributed by atoms with Gasteiger partial charge in [0, 0.05) is 24.5 Å². The normalized spacial score (nSPS) is 22.5. The van der Waals surface area contributed by atoms with Crippen molar-refractivity contribution in [3.63, 3.8) is 0 Å². The zero-order valence-electron chi connectivity index (χ0n) is 14.6. The summed E-state index contributed by atoms with van der Waals surface area (Å²) in [7, 11) is 0. The Morgan fingerprint density at radius 2 is 1.92 bits per heavy atom. The number of fused-ring (bicyclic) bond motifs is 1. The largest absolute Gasteiger partial charge is 0.378 e. The van der Waals surface area contributed by atoms with Gasteiger partial charge in [0.1, 0.15) is 0 Å². The van der Waals surface area contributed by atoms with E-state index in [1.165, 1.54) is 5.56 Å². The zero-order chi connectivity index (χ0) is 17.3. The highest BCUT2D eigenvalue weighted by molar-refractivity contribution is 6.00. The van der Waals surface area contributed by atoms with Gasteiger partial charge in [0.05, 0.1) is 18.6 Å². The highest BCUT2D eigenvalue weighted by atomic mass is 16.5. The molecule has 1 unspecified atom stereocenters. The van der Waals surface area contributed by atoms with Crippen LogP contribution < -0.4 is 10.2 Å². The van der Waals surface area contributed by atoms with Crippen LogP contribution in [0.2, 0.25) is 0 Å². The van der Waals surface area contributed by atoms with E-state index in [1.807, 2.05) is 24.3 Å². The highest BCUT2D eigenvalue weighted by Crippen LogP contribution is 2.39. The van der Waals surface area contributed by atoms with Crippen molar-refractivity contribution in [3.8, 4) is 0 Å². The molecule has 1 fully saturated rings. The standard InChI is InChI=1S/C21H24N2O2/c1-21(10-9-16-5-2-3-8-19(16)21)20(24)22-17-6-4-7-18(15-17)23-11-13-25-14-12-23/h2-8,15H,9-14H2,1H3,(H,22,24). The molecule has 4 heteroatoms. The number of hydrogen-bond acceptors (Lipinski definition) is 3. The molecule has 1 aliphatic carbocycles. The van der Waals surface area contributed by atoms with E-state index in [2.05, 4.69) is 41.4 Å². The van der Waals surface area contributed by atoms with Gasteiger partial charge in [0.2, 0.25) is 5.91 Å². The van der Waals surface area contributed by atoms with E-state index >= 15 is 0 Å². The molecule has 2 aromatic rings. The molecule has 0 radical (unpaired) electrons. The molecule has 1 aliphatic heterocycles. The molecule has 1 saturated heterocycles. The summed E-state index contributed by atoms with van der Waals surface area (Å²) in [6.07, 6.45) is 1.83. The number of hydrogen-bond donors (Lipinski definition) is 1. The van der Waals surface area contributed by atoms with E-state index in [-0.39, 0.29) is 5.91 Å². The number of anilines is 2. The van der Waals surface area contributed by atoms with E-state index in [9.17, 15) is 4.79 Å². The third-order valence-electron chi connectivity index (χ3n) is 5.49. The molecule has 0 spiro atoms. The van der Waals surface area contributed by atoms with E-state index in [1.54, 1.807) is 0 Å². The Morgan fingerprint density at radius 1 is 1.12 bits per heavy atom. The molecule has 1 amide bonds. The lowest BCUT2D eigenvalue weighted by Gasteiger charge is -2.29. The highest BCUT2D eigenvalue weighted by Gasteiger charge is 2.40. The third-order valence-corrected chi connectivity index (χ3v) is 5.49. The molecule has 0 bridgehead atoms. The summed E-state index contributed by atoms with van der Waals surface area (Å²) < 4.78 is 5.42. The Morgan fingerprint density at radius 3 is 2.76 bits per heavy atom. The van der Waals surface area contributed by atoms with Crippen molar-refractivity contribution in [2.75, 3.05) is 36.5 Å². The molecule has 130 valence electrons. The summed E-state index contributed by atoms with van der Waals surface area (Å²) in [5.74, 6) is 0.0802. The third kappa shape index (κ3) is 3.02. The van der Waals surface area contributed by atoms with Gasteiger partial charge in [-0.1, -0.05) is 30.3 Å². The fraction of sp³-hybridized carbons (Fsp3) is 0.381. The quantitative estimate of drug-likeness (QED) is 0.934. The average Bonchev–Trinajstić information content (AvgIpc) is 3.01. The van der Waals surface area contributed by atoms with Gasteiger partial charge in [-0.2, -0.15) is 0 Å². The van der Waals surface area contributed by atoms with E-state index in [0.29, 0.717) is 0 Å². The summed E-state index contributed by atoms with van der Waals surface area (Å²) in [5.41, 5.74) is 4.00. The maximum absolute atomic E-state index is 13.0. The molecule has 1 atom stereocenters. The monoisotopic (exact) mass is 336 g/mol. The number of rotatable bonds is 3. The minimum absolute atomic E-state index is 0.0802. The number of aryl methyl sites for hydroxylation is 1. The molecule has 4 rings (SSSR count). The van der Waals surface area contributed by atoms with Crippen molar-refractivity contribution in [3.05, 3.63) is 59.7 Å². The van der Waals surface area contributed by atoms with Gasteiger partial charge in [0.15, 0.2) is 0 Å². The first kappa shape index (κ1) is 16.2. The van der Waals surface area contributed by atoms with Gasteiger partial charge >= 0.3 is 0 Å². The van der Waals surface area contributed by atoms with Crippen LogP contribution in [0.25, 0.3) is 0 Å². The number of nitrogens with zero attached hydrogens (tertiary/aromatic N) is 1. The second kappa shape index (κ2) is 6.52. The van der Waals surface area contributed by atoms with Crippen LogP contribution in [0.1, 0.15) is 24.5 Å². The van der Waals surface area contributed by atoms with Gasteiger partial charge in [-0.3, -0.25) is 4.79 Å². The summed E-state index contributed by atoms with van der Waals surface area (Å²) in [6, 6.07) is 16.4. The Kier molecular flexibility index (Phi) is 4.22. The van der Waals surface area contributed by atoms with E-state index in [4.69, 9.17) is 4.74 Å². The van der Waals surface area contributed by atoms with Gasteiger partial charge in [-0.05, 0) is 49.1 Å². The Labute approximate surface area is 148 Å². The first-order valence-electron chi connectivity index (χ1n) is 8.99. The minimum Gasteiger partial charge on any atom is -0.378 e. The first-order chi connectivity index (χ1) is 12.2. The maximum Gasteiger partial charge on any atom is 0.234 e. The predicted molar refractivity (Wildman–Crippen MR) is 100 cm³/mol. The van der Waals surface area contributed by atoms with Gasteiger partial charge in [-0.25, -0.2) is 0 Å². The Balaban J connectivity index is 1.53. The van der Waals surface area contributed by atoms with Crippen LogP contribution in [0.15, 0.2) is 48.5 Å². The number of morpholine rings is 1. The number of carbonyl (C=O) groups excluding carboxylic acids is 1. The van der Waals surface area contributed by atoms with Crippen LogP contribution in [0, 0.1) is 0 Å². The molecule has 2 aromatic carbocycles. The van der Waals surface area contributed by atoms with Crippen molar-refractivity contribution in [1.29, 1.82) is 0 Å². The van der Waals surface area contributed by atoms with Crippen LogP contribution in [0.5, 0.6) is 0 Å². The number of amides is 1. The lowest BCUT2D eigenvalue weighted by molar-refractivity contribution is -0.121. The fourth-order valence-corrected chi connectivity index (χ4v) is 3.90. The fourth-order valence-electron chi connectivity index (χ4n) is 3.90. The van der Waals surface area contributed by atoms with Crippen LogP contribution in [0.3, 0.4) is 0 Å². The molecule has 0 saturated carbocycles. The van der Waals surface area contributed by atoms with Crippen molar-refractivity contribution in [1.82, 2.24) is 0 Å². The second-order valence-electron chi connectivity index (χ2n) is 7.09. The smallest absolute Gasteiger partial charge is 0.234 e. The number of nitrogens with one attached hydrogen (secondary N) is 1. The Bertz CT molecular complexity index is 783. The van der Waals surface area contributed by atoms with Gasteiger partial charge in [-0.15, -0.1) is 0 Å². The van der Waals surface area contributed by atoms with Crippen LogP contribution in [0.4, 0.5) is 11.4 Å². The summed E-state index contributed by atoms with van der Waals surface area (Å²) in [6.45, 7) is 5.35. The van der Waals surface area contributed by atoms with Crippen molar-refractivity contribution in [2.45, 2.75) is 25.2 Å². The van der Waals surface area contributed by atoms with Crippen LogP contribution in [-0.4, -0.2) is 32.2 Å². The molecule has 1 N–H and O–H groups in total.